The molecule has 1 aromatic carbocycles. The minimum absolute atomic E-state index is 0.446. The molecule has 0 fully saturated rings. The van der Waals surface area contributed by atoms with Gasteiger partial charge in [-0.25, -0.2) is 0 Å². The monoisotopic (exact) mass is 205 g/mol. The summed E-state index contributed by atoms with van der Waals surface area (Å²) >= 11 is 0. The topological polar surface area (TPSA) is 21.3 Å². The standard InChI is InChI=1S/C13H19NO/c1-8-7-12-10(3)14-6-5-11(12)13(15-4)9(8)2/h7,10,14H,5-6H2,1-4H3. The lowest BCUT2D eigenvalue weighted by Crippen LogP contribution is -2.28. The van der Waals surface area contributed by atoms with Gasteiger partial charge in [-0.3, -0.25) is 0 Å². The normalized spacial score (nSPS) is 19.9. The van der Waals surface area contributed by atoms with E-state index in [0.29, 0.717) is 6.04 Å². The molecule has 1 aliphatic rings. The largest absolute Gasteiger partial charge is 0.496 e. The Bertz CT molecular complexity index is 385. The summed E-state index contributed by atoms with van der Waals surface area (Å²) in [6.45, 7) is 7.56. The fourth-order valence-electron chi connectivity index (χ4n) is 2.41. The van der Waals surface area contributed by atoms with Gasteiger partial charge in [0.1, 0.15) is 5.75 Å². The molecule has 0 amide bonds. The highest BCUT2D eigenvalue weighted by Crippen LogP contribution is 2.34. The van der Waals surface area contributed by atoms with Crippen molar-refractivity contribution in [3.8, 4) is 5.75 Å². The van der Waals surface area contributed by atoms with Gasteiger partial charge in [0.15, 0.2) is 0 Å². The molecule has 2 rings (SSSR count). The van der Waals surface area contributed by atoms with E-state index in [1.54, 1.807) is 7.11 Å². The van der Waals surface area contributed by atoms with E-state index in [0.717, 1.165) is 18.7 Å². The molecule has 1 atom stereocenters. The first-order chi connectivity index (χ1) is 7.15. The second-order valence-corrected chi connectivity index (χ2v) is 4.35. The molecule has 0 saturated carbocycles. The molecule has 0 saturated heterocycles. The fourth-order valence-corrected chi connectivity index (χ4v) is 2.41. The summed E-state index contributed by atoms with van der Waals surface area (Å²) in [6.07, 6.45) is 1.07. The number of methoxy groups -OCH3 is 1. The van der Waals surface area contributed by atoms with Crippen LogP contribution in [0, 0.1) is 13.8 Å². The first-order valence-electron chi connectivity index (χ1n) is 5.55. The maximum atomic E-state index is 5.54. The molecular formula is C13H19NO. The van der Waals surface area contributed by atoms with E-state index in [2.05, 4.69) is 32.2 Å². The quantitative estimate of drug-likeness (QED) is 0.760. The Hall–Kier alpha value is -1.02. The fraction of sp³-hybridized carbons (Fsp3) is 0.538. The third kappa shape index (κ3) is 1.63. The van der Waals surface area contributed by atoms with Crippen molar-refractivity contribution in [3.63, 3.8) is 0 Å². The molecular weight excluding hydrogens is 186 g/mol. The molecule has 2 nitrogen and oxygen atoms in total. The van der Waals surface area contributed by atoms with Crippen molar-refractivity contribution in [1.82, 2.24) is 5.32 Å². The number of fused-ring (bicyclic) bond motifs is 1. The Morgan fingerprint density at radius 2 is 2.13 bits per heavy atom. The van der Waals surface area contributed by atoms with Gasteiger partial charge < -0.3 is 10.1 Å². The summed E-state index contributed by atoms with van der Waals surface area (Å²) in [4.78, 5) is 0. The Morgan fingerprint density at radius 3 is 2.80 bits per heavy atom. The lowest BCUT2D eigenvalue weighted by Gasteiger charge is -2.27. The van der Waals surface area contributed by atoms with Crippen LogP contribution in [0.15, 0.2) is 6.07 Å². The van der Waals surface area contributed by atoms with E-state index in [4.69, 9.17) is 4.74 Å². The predicted octanol–water partition coefficient (Wildman–Crippen LogP) is 2.52. The number of rotatable bonds is 1. The average molecular weight is 205 g/mol. The van der Waals surface area contributed by atoms with Gasteiger partial charge in [-0.15, -0.1) is 0 Å². The van der Waals surface area contributed by atoms with Crippen molar-refractivity contribution in [1.29, 1.82) is 0 Å². The zero-order valence-corrected chi connectivity index (χ0v) is 9.98. The number of benzene rings is 1. The maximum absolute atomic E-state index is 5.54. The third-order valence-corrected chi connectivity index (χ3v) is 3.42. The highest BCUT2D eigenvalue weighted by molar-refractivity contribution is 5.52. The van der Waals surface area contributed by atoms with Crippen LogP contribution in [0.4, 0.5) is 0 Å². The number of hydrogen-bond acceptors (Lipinski definition) is 2. The molecule has 1 heterocycles. The minimum Gasteiger partial charge on any atom is -0.496 e. The number of aryl methyl sites for hydroxylation is 1. The van der Waals surface area contributed by atoms with E-state index in [9.17, 15) is 0 Å². The Kier molecular flexibility index (Phi) is 2.70. The predicted molar refractivity (Wildman–Crippen MR) is 62.6 cm³/mol. The van der Waals surface area contributed by atoms with Crippen LogP contribution < -0.4 is 10.1 Å². The molecule has 0 aromatic heterocycles. The van der Waals surface area contributed by atoms with Crippen LogP contribution in [0.25, 0.3) is 0 Å². The van der Waals surface area contributed by atoms with Gasteiger partial charge in [0.05, 0.1) is 7.11 Å². The van der Waals surface area contributed by atoms with E-state index in [-0.39, 0.29) is 0 Å². The first-order valence-corrected chi connectivity index (χ1v) is 5.55. The van der Waals surface area contributed by atoms with Crippen LogP contribution >= 0.6 is 0 Å². The highest BCUT2D eigenvalue weighted by Gasteiger charge is 2.21. The molecule has 2 heteroatoms. The molecule has 1 unspecified atom stereocenters. The van der Waals surface area contributed by atoms with Crippen LogP contribution in [0.5, 0.6) is 5.75 Å². The summed E-state index contributed by atoms with van der Waals surface area (Å²) in [5.74, 6) is 1.10. The smallest absolute Gasteiger partial charge is 0.125 e. The van der Waals surface area contributed by atoms with Gasteiger partial charge in [0.25, 0.3) is 0 Å². The Labute approximate surface area is 91.6 Å². The van der Waals surface area contributed by atoms with Crippen LogP contribution in [-0.2, 0) is 6.42 Å². The summed E-state index contributed by atoms with van der Waals surface area (Å²) in [5, 5.41) is 3.48. The lowest BCUT2D eigenvalue weighted by molar-refractivity contribution is 0.399. The van der Waals surface area contributed by atoms with Gasteiger partial charge in [-0.05, 0) is 50.4 Å². The van der Waals surface area contributed by atoms with Crippen molar-refractivity contribution in [2.75, 3.05) is 13.7 Å². The second kappa shape index (κ2) is 3.86. The second-order valence-electron chi connectivity index (χ2n) is 4.35. The van der Waals surface area contributed by atoms with Crippen LogP contribution in [0.2, 0.25) is 0 Å². The van der Waals surface area contributed by atoms with Gasteiger partial charge in [0.2, 0.25) is 0 Å². The van der Waals surface area contributed by atoms with Gasteiger partial charge in [0, 0.05) is 11.6 Å². The Balaban J connectivity index is 2.63. The number of ether oxygens (including phenoxy) is 1. The molecule has 15 heavy (non-hydrogen) atoms. The molecule has 82 valence electrons. The Morgan fingerprint density at radius 1 is 1.40 bits per heavy atom. The molecule has 0 spiro atoms. The number of nitrogens with one attached hydrogen (secondary N) is 1. The molecule has 1 aromatic rings. The van der Waals surface area contributed by atoms with E-state index >= 15 is 0 Å². The first kappa shape index (κ1) is 10.5. The van der Waals surface area contributed by atoms with Gasteiger partial charge in [-0.2, -0.15) is 0 Å². The van der Waals surface area contributed by atoms with Crippen LogP contribution in [0.3, 0.4) is 0 Å². The molecule has 0 bridgehead atoms. The SMILES string of the molecule is COc1c(C)c(C)cc2c1CCNC2C. The molecule has 0 aliphatic carbocycles. The summed E-state index contributed by atoms with van der Waals surface area (Å²) in [7, 11) is 1.77. The zero-order chi connectivity index (χ0) is 11.0. The highest BCUT2D eigenvalue weighted by atomic mass is 16.5. The van der Waals surface area contributed by atoms with Crippen molar-refractivity contribution in [3.05, 3.63) is 28.3 Å². The van der Waals surface area contributed by atoms with E-state index < -0.39 is 0 Å². The third-order valence-electron chi connectivity index (χ3n) is 3.42. The average Bonchev–Trinajstić information content (AvgIpc) is 2.22. The van der Waals surface area contributed by atoms with Crippen molar-refractivity contribution >= 4 is 0 Å². The summed E-state index contributed by atoms with van der Waals surface area (Å²) in [6, 6.07) is 2.74. The molecule has 1 N–H and O–H groups in total. The minimum atomic E-state index is 0.446. The lowest BCUT2D eigenvalue weighted by atomic mass is 9.90. The molecule has 0 radical (unpaired) electrons. The zero-order valence-electron chi connectivity index (χ0n) is 9.98. The summed E-state index contributed by atoms with van der Waals surface area (Å²) in [5.41, 5.74) is 5.40. The van der Waals surface area contributed by atoms with Crippen LogP contribution in [-0.4, -0.2) is 13.7 Å². The van der Waals surface area contributed by atoms with Crippen molar-refractivity contribution < 1.29 is 4.74 Å². The maximum Gasteiger partial charge on any atom is 0.125 e. The summed E-state index contributed by atoms with van der Waals surface area (Å²) < 4.78 is 5.54. The van der Waals surface area contributed by atoms with E-state index in [1.165, 1.54) is 22.3 Å². The van der Waals surface area contributed by atoms with E-state index in [1.807, 2.05) is 0 Å². The van der Waals surface area contributed by atoms with Crippen LogP contribution in [0.1, 0.15) is 35.2 Å². The number of hydrogen-bond donors (Lipinski definition) is 1. The van der Waals surface area contributed by atoms with Crippen molar-refractivity contribution in [2.24, 2.45) is 0 Å². The van der Waals surface area contributed by atoms with Crippen molar-refractivity contribution in [2.45, 2.75) is 33.2 Å². The molecule has 1 aliphatic heterocycles. The van der Waals surface area contributed by atoms with Gasteiger partial charge in [-0.1, -0.05) is 6.07 Å². The van der Waals surface area contributed by atoms with Gasteiger partial charge >= 0.3 is 0 Å².